The van der Waals surface area contributed by atoms with Crippen LogP contribution in [-0.4, -0.2) is 60.4 Å². The number of likely N-dealkylation sites (N-methyl/N-ethyl adjacent to an activating group) is 1. The fraction of sp³-hybridized carbons (Fsp3) is 0.286. The molecule has 3 aromatic rings. The summed E-state index contributed by atoms with van der Waals surface area (Å²) in [6, 6.07) is 12.9. The molecule has 0 radical (unpaired) electrons. The van der Waals surface area contributed by atoms with E-state index >= 15 is 0 Å². The van der Waals surface area contributed by atoms with Gasteiger partial charge in [-0.15, -0.1) is 0 Å². The number of para-hydroxylation sites is 1. The zero-order valence-corrected chi connectivity index (χ0v) is 16.2. The van der Waals surface area contributed by atoms with Gasteiger partial charge in [0.2, 0.25) is 0 Å². The molecule has 2 heterocycles. The zero-order valence-electron chi connectivity index (χ0n) is 16.2. The maximum Gasteiger partial charge on any atom is 0.269 e. The molecule has 3 rings (SSSR count). The molecular weight excluding hydrogens is 354 g/mol. The van der Waals surface area contributed by atoms with Crippen LogP contribution in [0.5, 0.6) is 0 Å². The van der Waals surface area contributed by atoms with Crippen LogP contribution in [-0.2, 0) is 6.42 Å². The van der Waals surface area contributed by atoms with Crippen molar-refractivity contribution in [1.82, 2.24) is 25.5 Å². The van der Waals surface area contributed by atoms with Crippen molar-refractivity contribution in [3.63, 3.8) is 0 Å². The molecule has 0 fully saturated rings. The molecule has 1 aromatic carbocycles. The molecule has 0 aliphatic heterocycles. The fourth-order valence-electron chi connectivity index (χ4n) is 2.91. The van der Waals surface area contributed by atoms with E-state index in [9.17, 15) is 9.59 Å². The molecule has 28 heavy (non-hydrogen) atoms. The Kier molecular flexibility index (Phi) is 6.39. The number of pyridine rings is 1. The van der Waals surface area contributed by atoms with Crippen LogP contribution in [0.15, 0.2) is 48.7 Å². The summed E-state index contributed by atoms with van der Waals surface area (Å²) >= 11 is 0. The molecule has 0 aliphatic rings. The number of carbonyl (C=O) groups is 2. The van der Waals surface area contributed by atoms with Crippen molar-refractivity contribution >= 4 is 22.7 Å². The van der Waals surface area contributed by atoms with E-state index in [1.165, 1.54) is 0 Å². The summed E-state index contributed by atoms with van der Waals surface area (Å²) in [6.45, 7) is 1.75. The van der Waals surface area contributed by atoms with Crippen molar-refractivity contribution in [3.05, 3.63) is 65.6 Å². The van der Waals surface area contributed by atoms with Crippen molar-refractivity contribution in [2.45, 2.75) is 6.42 Å². The number of fused-ring (bicyclic) bond motifs is 1. The SMILES string of the molecule is CN(C)CCNC(=O)c1cccc(C(=O)NCCc2c[nH]c3ccccc23)n1. The smallest absolute Gasteiger partial charge is 0.269 e. The van der Waals surface area contributed by atoms with Crippen molar-refractivity contribution in [2.75, 3.05) is 33.7 Å². The van der Waals surface area contributed by atoms with Crippen molar-refractivity contribution in [3.8, 4) is 0 Å². The van der Waals surface area contributed by atoms with Crippen molar-refractivity contribution < 1.29 is 9.59 Å². The predicted octanol–water partition coefficient (Wildman–Crippen LogP) is 1.83. The van der Waals surface area contributed by atoms with Gasteiger partial charge in [0, 0.05) is 36.7 Å². The van der Waals surface area contributed by atoms with E-state index in [1.54, 1.807) is 18.2 Å². The number of carbonyl (C=O) groups excluding carboxylic acids is 2. The van der Waals surface area contributed by atoms with Gasteiger partial charge in [0.15, 0.2) is 0 Å². The molecule has 2 amide bonds. The summed E-state index contributed by atoms with van der Waals surface area (Å²) in [5.41, 5.74) is 2.71. The standard InChI is InChI=1S/C21H25N5O2/c1-26(2)13-12-23-21(28)19-9-5-8-18(25-19)20(27)22-11-10-15-14-24-17-7-4-3-6-16(15)17/h3-9,14,24H,10-13H2,1-2H3,(H,22,27)(H,23,28). The Morgan fingerprint density at radius 1 is 0.964 bits per heavy atom. The van der Waals surface area contributed by atoms with Gasteiger partial charge in [-0.05, 0) is 44.3 Å². The van der Waals surface area contributed by atoms with E-state index in [0.29, 0.717) is 19.5 Å². The minimum absolute atomic E-state index is 0.235. The summed E-state index contributed by atoms with van der Waals surface area (Å²) in [5.74, 6) is -0.571. The number of hydrogen-bond acceptors (Lipinski definition) is 4. The first-order valence-electron chi connectivity index (χ1n) is 9.28. The van der Waals surface area contributed by atoms with Gasteiger partial charge < -0.3 is 20.5 Å². The van der Waals surface area contributed by atoms with Crippen molar-refractivity contribution in [2.24, 2.45) is 0 Å². The van der Waals surface area contributed by atoms with E-state index in [-0.39, 0.29) is 23.2 Å². The highest BCUT2D eigenvalue weighted by Gasteiger charge is 2.12. The monoisotopic (exact) mass is 379 g/mol. The fourth-order valence-corrected chi connectivity index (χ4v) is 2.91. The molecule has 0 bridgehead atoms. The van der Waals surface area contributed by atoms with Gasteiger partial charge in [0.1, 0.15) is 11.4 Å². The van der Waals surface area contributed by atoms with Crippen LogP contribution in [0.1, 0.15) is 26.5 Å². The quantitative estimate of drug-likeness (QED) is 0.557. The Labute approximate surface area is 164 Å². The van der Waals surface area contributed by atoms with E-state index in [1.807, 2.05) is 43.4 Å². The van der Waals surface area contributed by atoms with Gasteiger partial charge in [-0.25, -0.2) is 4.98 Å². The molecule has 7 nitrogen and oxygen atoms in total. The number of hydrogen-bond donors (Lipinski definition) is 3. The lowest BCUT2D eigenvalue weighted by Crippen LogP contribution is -2.32. The second-order valence-electron chi connectivity index (χ2n) is 6.83. The molecule has 0 unspecified atom stereocenters. The number of rotatable bonds is 8. The van der Waals surface area contributed by atoms with Crippen LogP contribution in [0.2, 0.25) is 0 Å². The molecule has 0 saturated heterocycles. The van der Waals surface area contributed by atoms with E-state index < -0.39 is 0 Å². The Morgan fingerprint density at radius 3 is 2.36 bits per heavy atom. The van der Waals surface area contributed by atoms with Gasteiger partial charge >= 0.3 is 0 Å². The van der Waals surface area contributed by atoms with E-state index in [0.717, 1.165) is 23.0 Å². The summed E-state index contributed by atoms with van der Waals surface area (Å²) in [5, 5.41) is 6.83. The molecule has 2 aromatic heterocycles. The Balaban J connectivity index is 1.55. The Hall–Kier alpha value is -3.19. The summed E-state index contributed by atoms with van der Waals surface area (Å²) in [6.07, 6.45) is 2.67. The number of H-pyrrole nitrogens is 1. The number of aromatic nitrogens is 2. The molecule has 3 N–H and O–H groups in total. The lowest BCUT2D eigenvalue weighted by Gasteiger charge is -2.10. The minimum Gasteiger partial charge on any atom is -0.361 e. The first-order chi connectivity index (χ1) is 13.5. The molecule has 0 saturated carbocycles. The van der Waals surface area contributed by atoms with E-state index in [4.69, 9.17) is 0 Å². The third-order valence-electron chi connectivity index (χ3n) is 4.41. The van der Waals surface area contributed by atoms with Crippen LogP contribution in [0.3, 0.4) is 0 Å². The van der Waals surface area contributed by atoms with E-state index in [2.05, 4.69) is 26.7 Å². The maximum absolute atomic E-state index is 12.4. The minimum atomic E-state index is -0.289. The second-order valence-corrected chi connectivity index (χ2v) is 6.83. The van der Waals surface area contributed by atoms with Crippen LogP contribution in [0.4, 0.5) is 0 Å². The normalized spacial score (nSPS) is 11.0. The molecule has 0 atom stereocenters. The number of amides is 2. The van der Waals surface area contributed by atoms with Gasteiger partial charge in [0.25, 0.3) is 11.8 Å². The van der Waals surface area contributed by atoms with Crippen LogP contribution in [0.25, 0.3) is 10.9 Å². The Bertz CT molecular complexity index is 964. The highest BCUT2D eigenvalue weighted by molar-refractivity contribution is 5.96. The average molecular weight is 379 g/mol. The van der Waals surface area contributed by atoms with Gasteiger partial charge in [-0.3, -0.25) is 9.59 Å². The number of aromatic amines is 1. The van der Waals surface area contributed by atoms with Crippen LogP contribution in [0, 0.1) is 0 Å². The number of nitrogens with zero attached hydrogens (tertiary/aromatic N) is 2. The molecular formula is C21H25N5O2. The second kappa shape index (κ2) is 9.14. The Morgan fingerprint density at radius 2 is 1.64 bits per heavy atom. The van der Waals surface area contributed by atoms with Gasteiger partial charge in [-0.1, -0.05) is 24.3 Å². The summed E-state index contributed by atoms with van der Waals surface area (Å²) in [7, 11) is 3.87. The first-order valence-corrected chi connectivity index (χ1v) is 9.28. The highest BCUT2D eigenvalue weighted by Crippen LogP contribution is 2.17. The first kappa shape index (κ1) is 19.6. The van der Waals surface area contributed by atoms with Gasteiger partial charge in [0.05, 0.1) is 0 Å². The van der Waals surface area contributed by atoms with Crippen LogP contribution >= 0.6 is 0 Å². The lowest BCUT2D eigenvalue weighted by molar-refractivity contribution is 0.0943. The molecule has 7 heteroatoms. The topological polar surface area (TPSA) is 90.1 Å². The molecule has 146 valence electrons. The maximum atomic E-state index is 12.4. The molecule has 0 spiro atoms. The third-order valence-corrected chi connectivity index (χ3v) is 4.41. The largest absolute Gasteiger partial charge is 0.361 e. The summed E-state index contributed by atoms with van der Waals surface area (Å²) in [4.78, 5) is 34.0. The lowest BCUT2D eigenvalue weighted by atomic mass is 10.1. The summed E-state index contributed by atoms with van der Waals surface area (Å²) < 4.78 is 0. The van der Waals surface area contributed by atoms with Crippen molar-refractivity contribution in [1.29, 1.82) is 0 Å². The average Bonchev–Trinajstić information content (AvgIpc) is 3.11. The van der Waals surface area contributed by atoms with Crippen LogP contribution < -0.4 is 10.6 Å². The predicted molar refractivity (Wildman–Crippen MR) is 109 cm³/mol. The van der Waals surface area contributed by atoms with Gasteiger partial charge in [-0.2, -0.15) is 0 Å². The highest BCUT2D eigenvalue weighted by atomic mass is 16.2. The third kappa shape index (κ3) is 4.95. The number of nitrogens with one attached hydrogen (secondary N) is 3. The zero-order chi connectivity index (χ0) is 19.9. The molecule has 0 aliphatic carbocycles. The number of benzene rings is 1.